The van der Waals surface area contributed by atoms with Crippen molar-refractivity contribution in [2.24, 2.45) is 0 Å². The molecule has 4 rings (SSSR count). The van der Waals surface area contributed by atoms with E-state index in [-0.39, 0.29) is 16.9 Å². The van der Waals surface area contributed by atoms with Crippen LogP contribution in [0.25, 0.3) is 22.3 Å². The molecule has 1 aliphatic rings. The highest BCUT2D eigenvalue weighted by molar-refractivity contribution is 5.87. The number of hydrogen-bond donors (Lipinski definition) is 0. The molecule has 3 heterocycles. The second kappa shape index (κ2) is 4.54. The van der Waals surface area contributed by atoms with Gasteiger partial charge in [-0.3, -0.25) is 4.57 Å². The van der Waals surface area contributed by atoms with Gasteiger partial charge in [0.2, 0.25) is 0 Å². The van der Waals surface area contributed by atoms with Gasteiger partial charge >= 0.3 is 5.69 Å². The van der Waals surface area contributed by atoms with Crippen molar-refractivity contribution in [3.05, 3.63) is 52.3 Å². The van der Waals surface area contributed by atoms with Gasteiger partial charge in [0.1, 0.15) is 5.82 Å². The zero-order chi connectivity index (χ0) is 16.4. The van der Waals surface area contributed by atoms with E-state index in [1.54, 1.807) is 10.6 Å². The zero-order valence-electron chi connectivity index (χ0n) is 13.4. The smallest absolute Gasteiger partial charge is 0.337 e. The largest absolute Gasteiger partial charge is 0.348 e. The van der Waals surface area contributed by atoms with E-state index in [1.807, 2.05) is 39.0 Å². The molecule has 1 aromatic carbocycles. The molecule has 1 aliphatic heterocycles. The molecule has 2 aromatic heterocycles. The molecule has 3 aromatic rings. The van der Waals surface area contributed by atoms with Gasteiger partial charge in [0.05, 0.1) is 22.6 Å². The third-order valence-electron chi connectivity index (χ3n) is 4.48. The van der Waals surface area contributed by atoms with E-state index >= 15 is 0 Å². The zero-order valence-corrected chi connectivity index (χ0v) is 13.4. The molecule has 0 fully saturated rings. The molecule has 0 bridgehead atoms. The molecule has 0 unspecified atom stereocenters. The molecule has 0 atom stereocenters. The number of aryl methyl sites for hydroxylation is 1. The van der Waals surface area contributed by atoms with E-state index in [0.29, 0.717) is 18.5 Å². The molecule has 0 spiro atoms. The Morgan fingerprint density at radius 3 is 2.52 bits per heavy atom. The van der Waals surface area contributed by atoms with Crippen LogP contribution in [-0.4, -0.2) is 14.1 Å². The second-order valence-electron chi connectivity index (χ2n) is 7.06. The summed E-state index contributed by atoms with van der Waals surface area (Å²) in [6.45, 7) is 7.29. The Kier molecular flexibility index (Phi) is 2.80. The summed E-state index contributed by atoms with van der Waals surface area (Å²) in [5.74, 6) is -0.233. The highest BCUT2D eigenvalue weighted by Gasteiger charge is 2.25. The van der Waals surface area contributed by atoms with Crippen LogP contribution >= 0.6 is 0 Å². The van der Waals surface area contributed by atoms with E-state index in [0.717, 1.165) is 22.6 Å². The van der Waals surface area contributed by atoms with Crippen molar-refractivity contribution in [2.75, 3.05) is 0 Å². The van der Waals surface area contributed by atoms with E-state index < -0.39 is 0 Å². The first kappa shape index (κ1) is 14.2. The van der Waals surface area contributed by atoms with E-state index in [4.69, 9.17) is 0 Å². The maximum Gasteiger partial charge on any atom is 0.348 e. The summed E-state index contributed by atoms with van der Waals surface area (Å²) in [5, 5.41) is 0.595. The molecule has 23 heavy (non-hydrogen) atoms. The average Bonchev–Trinajstić information content (AvgIpc) is 2.87. The summed E-state index contributed by atoms with van der Waals surface area (Å²) in [6, 6.07) is 8.90. The van der Waals surface area contributed by atoms with Crippen molar-refractivity contribution in [2.45, 2.75) is 39.3 Å². The van der Waals surface area contributed by atoms with Crippen LogP contribution in [0.5, 0.6) is 0 Å². The van der Waals surface area contributed by atoms with Gasteiger partial charge in [-0.2, -0.15) is 4.98 Å². The lowest BCUT2D eigenvalue weighted by atomic mass is 9.91. The lowest BCUT2D eigenvalue weighted by Crippen LogP contribution is -2.33. The van der Waals surface area contributed by atoms with Crippen molar-refractivity contribution < 1.29 is 4.39 Å². The molecule has 0 aliphatic carbocycles. The third kappa shape index (κ3) is 2.03. The summed E-state index contributed by atoms with van der Waals surface area (Å²) < 4.78 is 17.9. The fraction of sp³-hybridized carbons (Fsp3) is 0.333. The number of fused-ring (bicyclic) bond motifs is 5. The quantitative estimate of drug-likeness (QED) is 0.639. The van der Waals surface area contributed by atoms with Crippen molar-refractivity contribution in [1.29, 1.82) is 0 Å². The molecule has 0 saturated carbocycles. The van der Waals surface area contributed by atoms with Crippen LogP contribution in [0.2, 0.25) is 0 Å². The molecule has 118 valence electrons. The van der Waals surface area contributed by atoms with Gasteiger partial charge in [0.15, 0.2) is 0 Å². The minimum Gasteiger partial charge on any atom is -0.337 e. The van der Waals surface area contributed by atoms with Crippen LogP contribution in [0.3, 0.4) is 0 Å². The summed E-state index contributed by atoms with van der Waals surface area (Å²) in [4.78, 5) is 16.6. The standard InChI is InChI=1S/C18H18FN3O/c1-18(2,3)16-10-15-14-9-11-12(19)5-4-6-13(11)21(14)7-8-22(15)17(23)20-16/h4-6,9-10H,7-8H2,1-3H3. The number of aromatic nitrogens is 3. The second-order valence-corrected chi connectivity index (χ2v) is 7.06. The third-order valence-corrected chi connectivity index (χ3v) is 4.48. The van der Waals surface area contributed by atoms with E-state index in [2.05, 4.69) is 9.55 Å². The van der Waals surface area contributed by atoms with Gasteiger partial charge in [-0.15, -0.1) is 0 Å². The molecular formula is C18H18FN3O. The molecule has 0 saturated heterocycles. The van der Waals surface area contributed by atoms with Gasteiger partial charge in [0, 0.05) is 23.9 Å². The first-order chi connectivity index (χ1) is 10.9. The number of halogens is 1. The molecule has 0 radical (unpaired) electrons. The highest BCUT2D eigenvalue weighted by atomic mass is 19.1. The van der Waals surface area contributed by atoms with Crippen molar-refractivity contribution in [1.82, 2.24) is 14.1 Å². The Balaban J connectivity index is 2.06. The molecule has 4 nitrogen and oxygen atoms in total. The first-order valence-electron chi connectivity index (χ1n) is 7.77. The van der Waals surface area contributed by atoms with Gasteiger partial charge in [-0.25, -0.2) is 9.18 Å². The Morgan fingerprint density at radius 2 is 1.78 bits per heavy atom. The number of benzene rings is 1. The van der Waals surface area contributed by atoms with Crippen LogP contribution in [-0.2, 0) is 18.5 Å². The Bertz CT molecular complexity index is 992. The molecule has 0 amide bonds. The van der Waals surface area contributed by atoms with Gasteiger partial charge < -0.3 is 4.57 Å². The lowest BCUT2D eigenvalue weighted by Gasteiger charge is -2.25. The van der Waals surface area contributed by atoms with Gasteiger partial charge in [0.25, 0.3) is 0 Å². The van der Waals surface area contributed by atoms with Crippen molar-refractivity contribution in [3.63, 3.8) is 0 Å². The van der Waals surface area contributed by atoms with Crippen molar-refractivity contribution in [3.8, 4) is 11.4 Å². The topological polar surface area (TPSA) is 39.8 Å². The first-order valence-corrected chi connectivity index (χ1v) is 7.77. The number of hydrogen-bond acceptors (Lipinski definition) is 2. The summed E-state index contributed by atoms with van der Waals surface area (Å²) in [6.07, 6.45) is 0. The maximum atomic E-state index is 14.1. The fourth-order valence-corrected chi connectivity index (χ4v) is 3.22. The fourth-order valence-electron chi connectivity index (χ4n) is 3.22. The Morgan fingerprint density at radius 1 is 1.09 bits per heavy atom. The van der Waals surface area contributed by atoms with Crippen LogP contribution in [0.4, 0.5) is 4.39 Å². The summed E-state index contributed by atoms with van der Waals surface area (Å²) >= 11 is 0. The summed E-state index contributed by atoms with van der Waals surface area (Å²) in [7, 11) is 0. The van der Waals surface area contributed by atoms with Gasteiger partial charge in [-0.1, -0.05) is 26.8 Å². The highest BCUT2D eigenvalue weighted by Crippen LogP contribution is 2.33. The maximum absolute atomic E-state index is 14.1. The Hall–Kier alpha value is -2.43. The minimum absolute atomic E-state index is 0.214. The number of rotatable bonds is 0. The van der Waals surface area contributed by atoms with Crippen LogP contribution in [0, 0.1) is 5.82 Å². The predicted molar refractivity (Wildman–Crippen MR) is 88.1 cm³/mol. The van der Waals surface area contributed by atoms with Crippen LogP contribution in [0.15, 0.2) is 35.1 Å². The molecule has 0 N–H and O–H groups in total. The van der Waals surface area contributed by atoms with Crippen LogP contribution in [0.1, 0.15) is 26.5 Å². The van der Waals surface area contributed by atoms with Crippen molar-refractivity contribution >= 4 is 10.9 Å². The number of nitrogens with zero attached hydrogens (tertiary/aromatic N) is 3. The predicted octanol–water partition coefficient (Wildman–Crippen LogP) is 3.32. The van der Waals surface area contributed by atoms with Crippen LogP contribution < -0.4 is 5.69 Å². The SMILES string of the molecule is CC(C)(C)c1cc2n(c(=O)n1)CCn1c-2cc2c(F)cccc21. The lowest BCUT2D eigenvalue weighted by molar-refractivity contribution is 0.518. The Labute approximate surface area is 133 Å². The molecular weight excluding hydrogens is 293 g/mol. The average molecular weight is 311 g/mol. The molecule has 5 heteroatoms. The normalized spacial score (nSPS) is 13.9. The van der Waals surface area contributed by atoms with E-state index in [9.17, 15) is 9.18 Å². The minimum atomic E-state index is -0.233. The summed E-state index contributed by atoms with van der Waals surface area (Å²) in [5.41, 5.74) is 2.87. The van der Waals surface area contributed by atoms with E-state index in [1.165, 1.54) is 6.07 Å². The van der Waals surface area contributed by atoms with Gasteiger partial charge in [-0.05, 0) is 24.3 Å². The monoisotopic (exact) mass is 311 g/mol.